The van der Waals surface area contributed by atoms with E-state index in [1.807, 2.05) is 0 Å². The van der Waals surface area contributed by atoms with E-state index < -0.39 is 6.10 Å². The van der Waals surface area contributed by atoms with Crippen molar-refractivity contribution in [3.63, 3.8) is 0 Å². The molecule has 0 spiro atoms. The van der Waals surface area contributed by atoms with Crippen molar-refractivity contribution in [3.8, 4) is 0 Å². The number of hydrogen-bond donors (Lipinski definition) is 2. The van der Waals surface area contributed by atoms with Gasteiger partial charge in [0.05, 0.1) is 6.10 Å². The van der Waals surface area contributed by atoms with Gasteiger partial charge in [0.25, 0.3) is 0 Å². The standard InChI is InChI=1S/C12H17BrFNO/c1-8(2)6-15-7-12(16)10-5-9(14)3-4-11(10)13/h3-5,8,12,15-16H,6-7H2,1-2H3. The zero-order chi connectivity index (χ0) is 12.1. The molecule has 16 heavy (non-hydrogen) atoms. The lowest BCUT2D eigenvalue weighted by molar-refractivity contribution is 0.172. The molecule has 0 radical (unpaired) electrons. The quantitative estimate of drug-likeness (QED) is 0.874. The van der Waals surface area contributed by atoms with E-state index in [1.54, 1.807) is 6.07 Å². The smallest absolute Gasteiger partial charge is 0.123 e. The molecule has 2 N–H and O–H groups in total. The average molecular weight is 290 g/mol. The zero-order valence-electron chi connectivity index (χ0n) is 9.50. The summed E-state index contributed by atoms with van der Waals surface area (Å²) >= 11 is 3.30. The first-order valence-corrected chi connectivity index (χ1v) is 6.13. The molecule has 0 aliphatic heterocycles. The van der Waals surface area contributed by atoms with Gasteiger partial charge in [-0.1, -0.05) is 29.8 Å². The monoisotopic (exact) mass is 289 g/mol. The van der Waals surface area contributed by atoms with Crippen LogP contribution >= 0.6 is 15.9 Å². The summed E-state index contributed by atoms with van der Waals surface area (Å²) in [5, 5.41) is 13.0. The number of aliphatic hydroxyl groups is 1. The van der Waals surface area contributed by atoms with Crippen molar-refractivity contribution in [2.24, 2.45) is 5.92 Å². The van der Waals surface area contributed by atoms with E-state index >= 15 is 0 Å². The van der Waals surface area contributed by atoms with E-state index in [2.05, 4.69) is 35.1 Å². The Balaban J connectivity index is 2.58. The first kappa shape index (κ1) is 13.6. The zero-order valence-corrected chi connectivity index (χ0v) is 11.1. The molecule has 1 aromatic rings. The molecule has 0 heterocycles. The summed E-state index contributed by atoms with van der Waals surface area (Å²) in [7, 11) is 0. The molecule has 1 aromatic carbocycles. The molecule has 1 rings (SSSR count). The Morgan fingerprint density at radius 1 is 1.38 bits per heavy atom. The van der Waals surface area contributed by atoms with Gasteiger partial charge in [0.1, 0.15) is 5.82 Å². The van der Waals surface area contributed by atoms with Gasteiger partial charge in [-0.3, -0.25) is 0 Å². The molecule has 4 heteroatoms. The summed E-state index contributed by atoms with van der Waals surface area (Å²) in [6.45, 7) is 5.46. The van der Waals surface area contributed by atoms with E-state index in [1.165, 1.54) is 12.1 Å². The summed E-state index contributed by atoms with van der Waals surface area (Å²) < 4.78 is 13.7. The predicted molar refractivity (Wildman–Crippen MR) is 66.8 cm³/mol. The molecule has 0 aromatic heterocycles. The van der Waals surface area contributed by atoms with Gasteiger partial charge in [0.2, 0.25) is 0 Å². The lowest BCUT2D eigenvalue weighted by Gasteiger charge is -2.15. The highest BCUT2D eigenvalue weighted by Gasteiger charge is 2.11. The van der Waals surface area contributed by atoms with Gasteiger partial charge in [-0.15, -0.1) is 0 Å². The molecule has 90 valence electrons. The fourth-order valence-electron chi connectivity index (χ4n) is 1.39. The topological polar surface area (TPSA) is 32.3 Å². The Morgan fingerprint density at radius 3 is 2.69 bits per heavy atom. The number of aliphatic hydroxyl groups excluding tert-OH is 1. The van der Waals surface area contributed by atoms with E-state index in [9.17, 15) is 9.50 Å². The third kappa shape index (κ3) is 4.20. The molecule has 0 amide bonds. The van der Waals surface area contributed by atoms with Crippen LogP contribution in [0.3, 0.4) is 0 Å². The maximum Gasteiger partial charge on any atom is 0.123 e. The van der Waals surface area contributed by atoms with Crippen LogP contribution in [0.2, 0.25) is 0 Å². The fraction of sp³-hybridized carbons (Fsp3) is 0.500. The van der Waals surface area contributed by atoms with Crippen LogP contribution in [0.15, 0.2) is 22.7 Å². The predicted octanol–water partition coefficient (Wildman–Crippen LogP) is 2.87. The van der Waals surface area contributed by atoms with E-state index in [0.717, 1.165) is 11.0 Å². The molecule has 0 bridgehead atoms. The van der Waals surface area contributed by atoms with Crippen LogP contribution in [0.5, 0.6) is 0 Å². The minimum Gasteiger partial charge on any atom is -0.387 e. The molecule has 0 fully saturated rings. The average Bonchev–Trinajstić information content (AvgIpc) is 2.21. The van der Waals surface area contributed by atoms with Crippen molar-refractivity contribution in [1.29, 1.82) is 0 Å². The third-order valence-electron chi connectivity index (χ3n) is 2.21. The van der Waals surface area contributed by atoms with Gasteiger partial charge < -0.3 is 10.4 Å². The van der Waals surface area contributed by atoms with Crippen molar-refractivity contribution >= 4 is 15.9 Å². The number of halogens is 2. The largest absolute Gasteiger partial charge is 0.387 e. The van der Waals surface area contributed by atoms with E-state index in [4.69, 9.17) is 0 Å². The van der Waals surface area contributed by atoms with Gasteiger partial charge >= 0.3 is 0 Å². The van der Waals surface area contributed by atoms with Gasteiger partial charge in [-0.2, -0.15) is 0 Å². The third-order valence-corrected chi connectivity index (χ3v) is 2.93. The summed E-state index contributed by atoms with van der Waals surface area (Å²) in [5.41, 5.74) is 0.580. The molecule has 1 atom stereocenters. The second kappa shape index (κ2) is 6.33. The minimum absolute atomic E-state index is 0.332. The molecule has 0 saturated heterocycles. The second-order valence-corrected chi connectivity index (χ2v) is 5.09. The van der Waals surface area contributed by atoms with Crippen molar-refractivity contribution in [3.05, 3.63) is 34.1 Å². The number of nitrogens with one attached hydrogen (secondary N) is 1. The van der Waals surface area contributed by atoms with Crippen LogP contribution in [-0.4, -0.2) is 18.2 Å². The fourth-order valence-corrected chi connectivity index (χ4v) is 1.90. The Morgan fingerprint density at radius 2 is 2.06 bits per heavy atom. The van der Waals surface area contributed by atoms with Crippen molar-refractivity contribution in [2.45, 2.75) is 20.0 Å². The van der Waals surface area contributed by atoms with Crippen LogP contribution in [0.25, 0.3) is 0 Å². The van der Waals surface area contributed by atoms with Gasteiger partial charge in [-0.05, 0) is 36.2 Å². The minimum atomic E-state index is -0.691. The maximum atomic E-state index is 13.0. The lowest BCUT2D eigenvalue weighted by Crippen LogP contribution is -2.25. The van der Waals surface area contributed by atoms with Gasteiger partial charge in [0, 0.05) is 11.0 Å². The van der Waals surface area contributed by atoms with Crippen LogP contribution in [-0.2, 0) is 0 Å². The van der Waals surface area contributed by atoms with Crippen LogP contribution in [0, 0.1) is 11.7 Å². The number of rotatable bonds is 5. The molecule has 2 nitrogen and oxygen atoms in total. The number of benzene rings is 1. The molecule has 0 aliphatic carbocycles. The van der Waals surface area contributed by atoms with Crippen LogP contribution in [0.1, 0.15) is 25.5 Å². The molecular formula is C12H17BrFNO. The molecular weight excluding hydrogens is 273 g/mol. The Kier molecular flexibility index (Phi) is 5.38. The normalized spacial score (nSPS) is 13.1. The van der Waals surface area contributed by atoms with Gasteiger partial charge in [0.15, 0.2) is 0 Å². The van der Waals surface area contributed by atoms with Crippen molar-refractivity contribution < 1.29 is 9.50 Å². The van der Waals surface area contributed by atoms with Crippen molar-refractivity contribution in [1.82, 2.24) is 5.32 Å². The first-order chi connectivity index (χ1) is 7.50. The second-order valence-electron chi connectivity index (χ2n) is 4.23. The number of hydrogen-bond acceptors (Lipinski definition) is 2. The maximum absolute atomic E-state index is 13.0. The van der Waals surface area contributed by atoms with Crippen LogP contribution < -0.4 is 5.32 Å². The van der Waals surface area contributed by atoms with E-state index in [-0.39, 0.29) is 5.82 Å². The lowest BCUT2D eigenvalue weighted by atomic mass is 10.1. The highest BCUT2D eigenvalue weighted by Crippen LogP contribution is 2.23. The summed E-state index contributed by atoms with van der Waals surface area (Å²) in [4.78, 5) is 0. The molecule has 0 saturated carbocycles. The summed E-state index contributed by atoms with van der Waals surface area (Å²) in [6, 6.07) is 4.32. The molecule has 1 unspecified atom stereocenters. The van der Waals surface area contributed by atoms with Gasteiger partial charge in [-0.25, -0.2) is 4.39 Å². The Labute approximate surface area is 104 Å². The highest BCUT2D eigenvalue weighted by atomic mass is 79.9. The molecule has 0 aliphatic rings. The summed E-state index contributed by atoms with van der Waals surface area (Å²) in [5.74, 6) is 0.198. The summed E-state index contributed by atoms with van der Waals surface area (Å²) in [6.07, 6.45) is -0.691. The van der Waals surface area contributed by atoms with E-state index in [0.29, 0.717) is 18.0 Å². The highest BCUT2D eigenvalue weighted by molar-refractivity contribution is 9.10. The SMILES string of the molecule is CC(C)CNCC(O)c1cc(F)ccc1Br. The van der Waals surface area contributed by atoms with Crippen LogP contribution in [0.4, 0.5) is 4.39 Å². The Hall–Kier alpha value is -0.450. The van der Waals surface area contributed by atoms with Crippen molar-refractivity contribution in [2.75, 3.05) is 13.1 Å². The Bertz CT molecular complexity index is 344. The first-order valence-electron chi connectivity index (χ1n) is 5.34.